The van der Waals surface area contributed by atoms with Crippen LogP contribution in [0.1, 0.15) is 41.3 Å². The number of nitrogens with one attached hydrogen (secondary N) is 3. The predicted molar refractivity (Wildman–Crippen MR) is 137 cm³/mol. The molecule has 1 unspecified atom stereocenters. The molecule has 8 nitrogen and oxygen atoms in total. The Morgan fingerprint density at radius 3 is 2.72 bits per heavy atom. The van der Waals surface area contributed by atoms with Crippen LogP contribution in [-0.2, 0) is 13.0 Å². The minimum absolute atomic E-state index is 0.00136. The molecule has 1 aromatic heterocycles. The monoisotopic (exact) mass is 485 g/mol. The number of carbonyl (C=O) groups is 1. The third kappa shape index (κ3) is 4.68. The van der Waals surface area contributed by atoms with Crippen LogP contribution in [0, 0.1) is 16.6 Å². The van der Waals surface area contributed by atoms with Crippen LogP contribution in [0.4, 0.5) is 10.3 Å². The molecule has 3 aliphatic rings. The van der Waals surface area contributed by atoms with Crippen molar-refractivity contribution in [2.45, 2.75) is 38.8 Å². The fraction of sp³-hybridized carbons (Fsp3) is 0.296. The summed E-state index contributed by atoms with van der Waals surface area (Å²) >= 11 is 0. The average molecular weight is 486 g/mol. The van der Waals surface area contributed by atoms with E-state index in [2.05, 4.69) is 15.3 Å². The normalized spacial score (nSPS) is 19.4. The van der Waals surface area contributed by atoms with Gasteiger partial charge >= 0.3 is 0 Å². The minimum Gasteiger partial charge on any atom is -0.342 e. The first kappa shape index (κ1) is 23.6. The van der Waals surface area contributed by atoms with Crippen molar-refractivity contribution in [3.63, 3.8) is 0 Å². The summed E-state index contributed by atoms with van der Waals surface area (Å²) in [7, 11) is 0. The zero-order valence-electron chi connectivity index (χ0n) is 20.1. The SMILES string of the molecule is CC1=CC(C(=N)N2CCCC2=N)=CC=CC1NC(=O)c1cc2c(cc1F)CCN(c1ncccn1)C2. The lowest BCUT2D eigenvalue weighted by molar-refractivity contribution is 0.0944. The molecule has 36 heavy (non-hydrogen) atoms. The lowest BCUT2D eigenvalue weighted by Crippen LogP contribution is -2.36. The van der Waals surface area contributed by atoms with Gasteiger partial charge in [-0.05, 0) is 60.7 Å². The molecule has 0 bridgehead atoms. The first-order valence-electron chi connectivity index (χ1n) is 12.1. The van der Waals surface area contributed by atoms with E-state index >= 15 is 0 Å². The van der Waals surface area contributed by atoms with E-state index in [1.165, 1.54) is 6.07 Å². The molecule has 2 aliphatic heterocycles. The van der Waals surface area contributed by atoms with Crippen molar-refractivity contribution in [3.8, 4) is 0 Å². The molecule has 0 radical (unpaired) electrons. The lowest BCUT2D eigenvalue weighted by Gasteiger charge is -2.29. The van der Waals surface area contributed by atoms with E-state index in [4.69, 9.17) is 10.8 Å². The molecule has 0 saturated carbocycles. The van der Waals surface area contributed by atoms with Crippen molar-refractivity contribution in [1.82, 2.24) is 20.2 Å². The van der Waals surface area contributed by atoms with Crippen LogP contribution < -0.4 is 10.2 Å². The Kier molecular flexibility index (Phi) is 6.45. The fourth-order valence-corrected chi connectivity index (χ4v) is 4.79. The largest absolute Gasteiger partial charge is 0.342 e. The first-order chi connectivity index (χ1) is 17.4. The van der Waals surface area contributed by atoms with Gasteiger partial charge < -0.3 is 15.1 Å². The van der Waals surface area contributed by atoms with E-state index in [-0.39, 0.29) is 11.4 Å². The molecule has 0 spiro atoms. The summed E-state index contributed by atoms with van der Waals surface area (Å²) in [6, 6.07) is 4.41. The van der Waals surface area contributed by atoms with E-state index in [1.807, 2.05) is 30.1 Å². The highest BCUT2D eigenvalue weighted by atomic mass is 19.1. The van der Waals surface area contributed by atoms with E-state index in [0.717, 1.165) is 23.1 Å². The number of fused-ring (bicyclic) bond motifs is 1. The number of rotatable bonds is 4. The van der Waals surface area contributed by atoms with Crippen molar-refractivity contribution in [1.29, 1.82) is 10.8 Å². The molecule has 3 N–H and O–H groups in total. The van der Waals surface area contributed by atoms with Gasteiger partial charge in [-0.15, -0.1) is 0 Å². The highest BCUT2D eigenvalue weighted by Gasteiger charge is 2.26. The second kappa shape index (κ2) is 9.85. The Balaban J connectivity index is 1.31. The van der Waals surface area contributed by atoms with Gasteiger partial charge in [0.25, 0.3) is 5.91 Å². The van der Waals surface area contributed by atoms with Crippen molar-refractivity contribution < 1.29 is 9.18 Å². The molecule has 1 saturated heterocycles. The zero-order chi connectivity index (χ0) is 25.2. The third-order valence-corrected chi connectivity index (χ3v) is 6.79. The third-order valence-electron chi connectivity index (χ3n) is 6.79. The number of anilines is 1. The quantitative estimate of drug-likeness (QED) is 0.451. The summed E-state index contributed by atoms with van der Waals surface area (Å²) in [5, 5.41) is 19.5. The number of nitrogens with zero attached hydrogens (tertiary/aromatic N) is 4. The van der Waals surface area contributed by atoms with Gasteiger partial charge in [-0.3, -0.25) is 15.6 Å². The maximum Gasteiger partial charge on any atom is 0.254 e. The predicted octanol–water partition coefficient (Wildman–Crippen LogP) is 3.77. The fourth-order valence-electron chi connectivity index (χ4n) is 4.79. The molecule has 1 fully saturated rings. The molecule has 2 aromatic rings. The Labute approximate surface area is 209 Å². The van der Waals surface area contributed by atoms with Gasteiger partial charge in [-0.1, -0.05) is 18.2 Å². The van der Waals surface area contributed by atoms with Crippen LogP contribution in [0.5, 0.6) is 0 Å². The second-order valence-corrected chi connectivity index (χ2v) is 9.22. The average Bonchev–Trinajstić information content (AvgIpc) is 3.23. The molecule has 1 aliphatic carbocycles. The van der Waals surface area contributed by atoms with Gasteiger partial charge in [-0.25, -0.2) is 14.4 Å². The Bertz CT molecular complexity index is 1310. The number of benzene rings is 1. The Morgan fingerprint density at radius 1 is 1.17 bits per heavy atom. The highest BCUT2D eigenvalue weighted by molar-refractivity contribution is 6.09. The number of aromatic nitrogens is 2. The number of allylic oxidation sites excluding steroid dienone is 2. The molecular formula is C27H28FN7O. The first-order valence-corrected chi connectivity index (χ1v) is 12.1. The lowest BCUT2D eigenvalue weighted by atomic mass is 9.96. The maximum atomic E-state index is 15.0. The minimum atomic E-state index is -0.539. The topological polar surface area (TPSA) is 109 Å². The summed E-state index contributed by atoms with van der Waals surface area (Å²) in [5.41, 5.74) is 3.28. The van der Waals surface area contributed by atoms with Crippen LogP contribution in [0.25, 0.3) is 0 Å². The smallest absolute Gasteiger partial charge is 0.254 e. The zero-order valence-corrected chi connectivity index (χ0v) is 20.1. The molecule has 5 rings (SSSR count). The number of carbonyl (C=O) groups excluding carboxylic acids is 1. The molecule has 1 aromatic carbocycles. The van der Waals surface area contributed by atoms with Crippen LogP contribution in [0.2, 0.25) is 0 Å². The number of amidine groups is 2. The van der Waals surface area contributed by atoms with Crippen molar-refractivity contribution in [3.05, 3.63) is 88.6 Å². The highest BCUT2D eigenvalue weighted by Crippen LogP contribution is 2.25. The van der Waals surface area contributed by atoms with Gasteiger partial charge in [0.1, 0.15) is 17.5 Å². The summed E-state index contributed by atoms with van der Waals surface area (Å²) in [6.45, 7) is 3.72. The molecule has 184 valence electrons. The number of amides is 1. The molecule has 9 heteroatoms. The molecular weight excluding hydrogens is 457 g/mol. The van der Waals surface area contributed by atoms with Gasteiger partial charge in [0.2, 0.25) is 5.95 Å². The number of likely N-dealkylation sites (tertiary alicyclic amines) is 1. The summed E-state index contributed by atoms with van der Waals surface area (Å²) < 4.78 is 15.0. The molecule has 1 atom stereocenters. The number of halogens is 1. The standard InChI is InChI=1S/C27H28FN7O/c1-17-13-19(25(30)35-11-3-7-24(35)29)5-2-6-23(17)33-26(36)21-14-20-16-34(27-31-9-4-10-32-27)12-8-18(20)15-22(21)28/h2,4-6,9-10,13-15,23,29-30H,3,7-8,11-12,16H2,1H3,(H,33,36). The number of hydrogen-bond acceptors (Lipinski definition) is 6. The van der Waals surface area contributed by atoms with E-state index < -0.39 is 17.8 Å². The van der Waals surface area contributed by atoms with Crippen molar-refractivity contribution in [2.24, 2.45) is 0 Å². The number of hydrogen-bond donors (Lipinski definition) is 3. The maximum absolute atomic E-state index is 15.0. The summed E-state index contributed by atoms with van der Waals surface area (Å²) in [4.78, 5) is 25.5. The van der Waals surface area contributed by atoms with E-state index in [9.17, 15) is 9.18 Å². The van der Waals surface area contributed by atoms with E-state index in [1.54, 1.807) is 35.5 Å². The van der Waals surface area contributed by atoms with Gasteiger partial charge in [0.05, 0.1) is 11.6 Å². The van der Waals surface area contributed by atoms with Crippen LogP contribution in [0.3, 0.4) is 0 Å². The van der Waals surface area contributed by atoms with Gasteiger partial charge in [0.15, 0.2) is 0 Å². The summed E-state index contributed by atoms with van der Waals surface area (Å²) in [6.07, 6.45) is 12.8. The van der Waals surface area contributed by atoms with Crippen LogP contribution in [0.15, 0.2) is 66.0 Å². The van der Waals surface area contributed by atoms with Crippen molar-refractivity contribution in [2.75, 3.05) is 18.0 Å². The Morgan fingerprint density at radius 2 is 1.97 bits per heavy atom. The summed E-state index contributed by atoms with van der Waals surface area (Å²) in [5.74, 6) is 0.306. The second-order valence-electron chi connectivity index (χ2n) is 9.22. The Hall–Kier alpha value is -4.14. The van der Waals surface area contributed by atoms with E-state index in [0.29, 0.717) is 49.8 Å². The molecule has 1 amide bonds. The van der Waals surface area contributed by atoms with Gasteiger partial charge in [0, 0.05) is 44.0 Å². The van der Waals surface area contributed by atoms with Crippen LogP contribution >= 0.6 is 0 Å². The molecule has 3 heterocycles. The van der Waals surface area contributed by atoms with Crippen LogP contribution in [-0.4, -0.2) is 51.6 Å². The van der Waals surface area contributed by atoms with Crippen molar-refractivity contribution >= 4 is 23.5 Å². The van der Waals surface area contributed by atoms with Gasteiger partial charge in [-0.2, -0.15) is 0 Å².